The van der Waals surface area contributed by atoms with Gasteiger partial charge < -0.3 is 30.5 Å². The molecule has 44 heavy (non-hydrogen) atoms. The first-order chi connectivity index (χ1) is 21.3. The topological polar surface area (TPSA) is 109 Å². The summed E-state index contributed by atoms with van der Waals surface area (Å²) in [5, 5.41) is 20.6. The van der Waals surface area contributed by atoms with Crippen molar-refractivity contribution in [1.82, 2.24) is 16.0 Å². The first-order valence-electron chi connectivity index (χ1n) is 14.7. The molecule has 0 aliphatic rings. The number of nitrogens with one attached hydrogen (secondary N) is 3. The second-order valence-electron chi connectivity index (χ2n) is 10.8. The Kier molecular flexibility index (Phi) is 11.5. The second-order valence-corrected chi connectivity index (χ2v) is 10.8. The highest BCUT2D eigenvalue weighted by Gasteiger charge is 2.24. The molecule has 0 spiro atoms. The summed E-state index contributed by atoms with van der Waals surface area (Å²) in [5.41, 5.74) is 3.67. The molecule has 0 unspecified atom stereocenters. The van der Waals surface area contributed by atoms with Gasteiger partial charge >= 0.3 is 0 Å². The summed E-state index contributed by atoms with van der Waals surface area (Å²) >= 11 is 0. The van der Waals surface area contributed by atoms with Gasteiger partial charge in [-0.25, -0.2) is 0 Å². The SMILES string of the molecule is COc1ccc([C@@H](C)NC[C@@H](O)[C@H](Cc2ccccc2)NC(=O)c2cccc(C(=O)N[C@H](C)c3ccc(OC)cc3)c2)cc1. The number of carbonyl (C=O) groups excluding carboxylic acids is 2. The van der Waals surface area contributed by atoms with Crippen LogP contribution in [0.15, 0.2) is 103 Å². The molecule has 0 saturated carbocycles. The van der Waals surface area contributed by atoms with Gasteiger partial charge in [-0.05, 0) is 79.4 Å². The minimum atomic E-state index is -0.878. The molecule has 4 rings (SSSR count). The van der Waals surface area contributed by atoms with Crippen molar-refractivity contribution in [1.29, 1.82) is 0 Å². The second kappa shape index (κ2) is 15.7. The van der Waals surface area contributed by atoms with E-state index in [2.05, 4.69) is 16.0 Å². The van der Waals surface area contributed by atoms with Crippen LogP contribution in [0, 0.1) is 0 Å². The van der Waals surface area contributed by atoms with Crippen LogP contribution in [0.3, 0.4) is 0 Å². The van der Waals surface area contributed by atoms with Crippen LogP contribution < -0.4 is 25.4 Å². The normalized spacial score (nSPS) is 13.7. The molecule has 0 heterocycles. The number of methoxy groups -OCH3 is 2. The average Bonchev–Trinajstić information content (AvgIpc) is 3.07. The molecular weight excluding hydrogens is 554 g/mol. The maximum atomic E-state index is 13.5. The number of ether oxygens (including phenoxy) is 2. The van der Waals surface area contributed by atoms with Crippen molar-refractivity contribution in [2.75, 3.05) is 20.8 Å². The van der Waals surface area contributed by atoms with Gasteiger partial charge in [0.1, 0.15) is 11.5 Å². The maximum absolute atomic E-state index is 13.5. The monoisotopic (exact) mass is 595 g/mol. The van der Waals surface area contributed by atoms with Crippen LogP contribution in [0.5, 0.6) is 11.5 Å². The summed E-state index contributed by atoms with van der Waals surface area (Å²) in [6, 6.07) is 30.7. The van der Waals surface area contributed by atoms with Crippen molar-refractivity contribution in [3.8, 4) is 11.5 Å². The van der Waals surface area contributed by atoms with E-state index in [1.165, 1.54) is 0 Å². The number of hydrogen-bond acceptors (Lipinski definition) is 6. The Bertz CT molecular complexity index is 1490. The zero-order chi connectivity index (χ0) is 31.5. The largest absolute Gasteiger partial charge is 0.497 e. The van der Waals surface area contributed by atoms with Gasteiger partial charge in [-0.1, -0.05) is 60.7 Å². The Labute approximate surface area is 259 Å². The zero-order valence-corrected chi connectivity index (χ0v) is 25.6. The predicted molar refractivity (Wildman–Crippen MR) is 172 cm³/mol. The van der Waals surface area contributed by atoms with Crippen LogP contribution in [0.1, 0.15) is 63.3 Å². The van der Waals surface area contributed by atoms with Gasteiger partial charge in [0.05, 0.1) is 32.4 Å². The molecule has 0 bridgehead atoms. The molecule has 0 aliphatic heterocycles. The van der Waals surface area contributed by atoms with E-state index in [9.17, 15) is 14.7 Å². The molecule has 2 amide bonds. The first-order valence-corrected chi connectivity index (χ1v) is 14.7. The lowest BCUT2D eigenvalue weighted by molar-refractivity contribution is 0.0825. The summed E-state index contributed by atoms with van der Waals surface area (Å²) in [7, 11) is 3.24. The summed E-state index contributed by atoms with van der Waals surface area (Å²) in [5.74, 6) is 0.857. The number of carbonyl (C=O) groups is 2. The Hall–Kier alpha value is -4.66. The van der Waals surface area contributed by atoms with Gasteiger partial charge in [0.15, 0.2) is 0 Å². The van der Waals surface area contributed by atoms with E-state index in [1.807, 2.05) is 92.7 Å². The van der Waals surface area contributed by atoms with Crippen molar-refractivity contribution < 1.29 is 24.2 Å². The van der Waals surface area contributed by atoms with Gasteiger partial charge in [0.2, 0.25) is 0 Å². The van der Waals surface area contributed by atoms with Crippen LogP contribution in [-0.4, -0.2) is 49.8 Å². The van der Waals surface area contributed by atoms with E-state index in [-0.39, 0.29) is 30.4 Å². The Morgan fingerprint density at radius 3 is 1.75 bits per heavy atom. The molecule has 0 radical (unpaired) electrons. The van der Waals surface area contributed by atoms with Crippen LogP contribution in [0.25, 0.3) is 0 Å². The van der Waals surface area contributed by atoms with E-state index in [0.717, 1.165) is 28.2 Å². The van der Waals surface area contributed by atoms with Crippen molar-refractivity contribution in [2.24, 2.45) is 0 Å². The summed E-state index contributed by atoms with van der Waals surface area (Å²) < 4.78 is 10.5. The molecule has 230 valence electrons. The van der Waals surface area contributed by atoms with E-state index in [1.54, 1.807) is 38.5 Å². The standard InChI is InChI=1S/C36H41N3O5/c1-24(27-13-17-31(43-3)18-14-27)37-23-34(40)33(21-26-9-6-5-7-10-26)39-36(42)30-12-8-11-29(22-30)35(41)38-25(2)28-15-19-32(44-4)20-16-28/h5-20,22,24-25,33-34,37,40H,21,23H2,1-4H3,(H,38,41)(H,39,42)/t24-,25-,33+,34-/m1/s1. The predicted octanol–water partition coefficient (Wildman–Crippen LogP) is 5.25. The zero-order valence-electron chi connectivity index (χ0n) is 25.6. The molecule has 8 heteroatoms. The fraction of sp³-hybridized carbons (Fsp3) is 0.278. The highest BCUT2D eigenvalue weighted by molar-refractivity contribution is 5.99. The van der Waals surface area contributed by atoms with Crippen molar-refractivity contribution in [3.05, 3.63) is 131 Å². The quantitative estimate of drug-likeness (QED) is 0.159. The van der Waals surface area contributed by atoms with Gasteiger partial charge in [-0.15, -0.1) is 0 Å². The molecule has 0 aliphatic carbocycles. The summed E-state index contributed by atoms with van der Waals surface area (Å²) in [6.07, 6.45) is -0.442. The van der Waals surface area contributed by atoms with Crippen LogP contribution in [0.2, 0.25) is 0 Å². The number of benzene rings is 4. The lowest BCUT2D eigenvalue weighted by Gasteiger charge is -2.26. The van der Waals surface area contributed by atoms with Crippen LogP contribution in [0.4, 0.5) is 0 Å². The number of hydrogen-bond donors (Lipinski definition) is 4. The Morgan fingerprint density at radius 2 is 1.20 bits per heavy atom. The molecule has 0 fully saturated rings. The van der Waals surface area contributed by atoms with Crippen LogP contribution >= 0.6 is 0 Å². The summed E-state index contributed by atoms with van der Waals surface area (Å²) in [4.78, 5) is 26.5. The van der Waals surface area contributed by atoms with E-state index in [4.69, 9.17) is 9.47 Å². The van der Waals surface area contributed by atoms with E-state index in [0.29, 0.717) is 17.5 Å². The Morgan fingerprint density at radius 1 is 0.682 bits per heavy atom. The fourth-order valence-corrected chi connectivity index (χ4v) is 4.91. The van der Waals surface area contributed by atoms with Crippen molar-refractivity contribution in [2.45, 2.75) is 44.5 Å². The number of aliphatic hydroxyl groups is 1. The van der Waals surface area contributed by atoms with Crippen molar-refractivity contribution >= 4 is 11.8 Å². The molecule has 0 saturated heterocycles. The van der Waals surface area contributed by atoms with Gasteiger partial charge in [0, 0.05) is 23.7 Å². The molecule has 4 aromatic rings. The molecule has 8 nitrogen and oxygen atoms in total. The molecule has 4 atom stereocenters. The number of aliphatic hydroxyl groups excluding tert-OH is 1. The van der Waals surface area contributed by atoms with Gasteiger partial charge in [-0.2, -0.15) is 0 Å². The highest BCUT2D eigenvalue weighted by Crippen LogP contribution is 2.19. The third-order valence-corrected chi connectivity index (χ3v) is 7.68. The highest BCUT2D eigenvalue weighted by atomic mass is 16.5. The van der Waals surface area contributed by atoms with Gasteiger partial charge in [-0.3, -0.25) is 9.59 Å². The third kappa shape index (κ3) is 8.92. The minimum Gasteiger partial charge on any atom is -0.497 e. The first kappa shape index (κ1) is 32.3. The van der Waals surface area contributed by atoms with E-state index < -0.39 is 12.1 Å². The lowest BCUT2D eigenvalue weighted by atomic mass is 9.99. The van der Waals surface area contributed by atoms with Crippen LogP contribution in [-0.2, 0) is 6.42 Å². The molecular formula is C36H41N3O5. The molecule has 4 aromatic carbocycles. The van der Waals surface area contributed by atoms with Crippen molar-refractivity contribution in [3.63, 3.8) is 0 Å². The van der Waals surface area contributed by atoms with Gasteiger partial charge in [0.25, 0.3) is 11.8 Å². The maximum Gasteiger partial charge on any atom is 0.251 e. The summed E-state index contributed by atoms with van der Waals surface area (Å²) in [6.45, 7) is 4.18. The third-order valence-electron chi connectivity index (χ3n) is 7.68. The number of rotatable bonds is 14. The lowest BCUT2D eigenvalue weighted by Crippen LogP contribution is -2.49. The van der Waals surface area contributed by atoms with E-state index >= 15 is 0 Å². The average molecular weight is 596 g/mol. The number of amides is 2. The minimum absolute atomic E-state index is 0.0286. The Balaban J connectivity index is 1.42. The molecule has 0 aromatic heterocycles. The fourth-order valence-electron chi connectivity index (χ4n) is 4.91. The molecule has 4 N–H and O–H groups in total. The smallest absolute Gasteiger partial charge is 0.251 e.